The van der Waals surface area contributed by atoms with Crippen LogP contribution in [0.3, 0.4) is 0 Å². The molecule has 0 spiro atoms. The number of nitrogens with one attached hydrogen (secondary N) is 2. The maximum absolute atomic E-state index is 12.7. The largest absolute Gasteiger partial charge is 0.348 e. The fourth-order valence-corrected chi connectivity index (χ4v) is 4.26. The summed E-state index contributed by atoms with van der Waals surface area (Å²) < 4.78 is 0. The van der Waals surface area contributed by atoms with Crippen molar-refractivity contribution in [3.8, 4) is 0 Å². The quantitative estimate of drug-likeness (QED) is 0.647. The van der Waals surface area contributed by atoms with Crippen molar-refractivity contribution in [3.63, 3.8) is 0 Å². The number of carbonyl (C=O) groups excluding carboxylic acids is 2. The normalized spacial score (nSPS) is 14.6. The highest BCUT2D eigenvalue weighted by molar-refractivity contribution is 7.09. The molecule has 1 fully saturated rings. The smallest absolute Gasteiger partial charge is 0.322 e. The molecular formula is C21H27ClN4O2S. The number of hydrogen-bond acceptors (Lipinski definition) is 4. The van der Waals surface area contributed by atoms with E-state index in [1.165, 1.54) is 30.6 Å². The zero-order chi connectivity index (χ0) is 20.8. The van der Waals surface area contributed by atoms with Gasteiger partial charge in [0.25, 0.3) is 5.91 Å². The van der Waals surface area contributed by atoms with E-state index in [9.17, 15) is 9.59 Å². The number of rotatable bonds is 6. The fraction of sp³-hybridized carbons (Fsp3) is 0.476. The summed E-state index contributed by atoms with van der Waals surface area (Å²) in [5.74, 6) is -0.124. The lowest BCUT2D eigenvalue weighted by Crippen LogP contribution is -2.39. The molecule has 1 saturated carbocycles. The van der Waals surface area contributed by atoms with Gasteiger partial charge in [0.15, 0.2) is 0 Å². The molecule has 1 aromatic carbocycles. The minimum atomic E-state index is -0.217. The molecule has 1 heterocycles. The first-order valence-corrected chi connectivity index (χ1v) is 11.3. The number of thiazole rings is 1. The molecule has 1 aliphatic carbocycles. The Morgan fingerprint density at radius 3 is 2.55 bits per heavy atom. The van der Waals surface area contributed by atoms with E-state index in [4.69, 9.17) is 11.6 Å². The molecule has 0 saturated heterocycles. The fourth-order valence-electron chi connectivity index (χ4n) is 3.36. The number of nitrogens with zero attached hydrogens (tertiary/aromatic N) is 2. The first-order valence-electron chi connectivity index (χ1n) is 10.0. The molecule has 0 bridgehead atoms. The Kier molecular flexibility index (Phi) is 7.50. The van der Waals surface area contributed by atoms with Crippen LogP contribution >= 0.6 is 22.9 Å². The van der Waals surface area contributed by atoms with Crippen LogP contribution < -0.4 is 10.6 Å². The SMILES string of the molecule is CC(C)N(Cc1nc(C(=O)NC2CCCCC2)cs1)C(=O)Nc1ccc(Cl)cc1. The minimum absolute atomic E-state index is 0.0225. The lowest BCUT2D eigenvalue weighted by Gasteiger charge is -2.26. The second-order valence-electron chi connectivity index (χ2n) is 7.59. The molecular weight excluding hydrogens is 408 g/mol. The Hall–Kier alpha value is -2.12. The zero-order valence-corrected chi connectivity index (χ0v) is 18.4. The Balaban J connectivity index is 1.60. The predicted molar refractivity (Wildman–Crippen MR) is 118 cm³/mol. The Morgan fingerprint density at radius 2 is 1.90 bits per heavy atom. The van der Waals surface area contributed by atoms with Gasteiger partial charge in [0.05, 0.1) is 6.54 Å². The highest BCUT2D eigenvalue weighted by atomic mass is 35.5. The average Bonchev–Trinajstić information content (AvgIpc) is 3.17. The van der Waals surface area contributed by atoms with E-state index >= 15 is 0 Å². The molecule has 1 aromatic heterocycles. The van der Waals surface area contributed by atoms with Gasteiger partial charge in [0.1, 0.15) is 10.7 Å². The molecule has 8 heteroatoms. The summed E-state index contributed by atoms with van der Waals surface area (Å²) in [6.07, 6.45) is 5.65. The third-order valence-corrected chi connectivity index (χ3v) is 6.10. The average molecular weight is 435 g/mol. The van der Waals surface area contributed by atoms with Gasteiger partial charge >= 0.3 is 6.03 Å². The monoisotopic (exact) mass is 434 g/mol. The van der Waals surface area contributed by atoms with Crippen molar-refractivity contribution in [3.05, 3.63) is 45.4 Å². The van der Waals surface area contributed by atoms with Crippen LogP contribution in [0.4, 0.5) is 10.5 Å². The van der Waals surface area contributed by atoms with Crippen molar-refractivity contribution < 1.29 is 9.59 Å². The summed E-state index contributed by atoms with van der Waals surface area (Å²) in [4.78, 5) is 31.4. The summed E-state index contributed by atoms with van der Waals surface area (Å²) in [6, 6.07) is 6.99. The van der Waals surface area contributed by atoms with E-state index < -0.39 is 0 Å². The van der Waals surface area contributed by atoms with Crippen molar-refractivity contribution in [2.45, 2.75) is 64.6 Å². The van der Waals surface area contributed by atoms with Crippen LogP contribution in [-0.2, 0) is 6.54 Å². The van der Waals surface area contributed by atoms with E-state index in [-0.39, 0.29) is 24.0 Å². The molecule has 2 aromatic rings. The highest BCUT2D eigenvalue weighted by Crippen LogP contribution is 2.20. The predicted octanol–water partition coefficient (Wildman–Crippen LogP) is 5.30. The van der Waals surface area contributed by atoms with E-state index in [2.05, 4.69) is 15.6 Å². The molecule has 3 rings (SSSR count). The van der Waals surface area contributed by atoms with Crippen LogP contribution in [0.5, 0.6) is 0 Å². The second-order valence-corrected chi connectivity index (χ2v) is 8.97. The molecule has 29 heavy (non-hydrogen) atoms. The maximum atomic E-state index is 12.7. The molecule has 0 aliphatic heterocycles. The topological polar surface area (TPSA) is 74.3 Å². The molecule has 156 valence electrons. The van der Waals surface area contributed by atoms with Gasteiger partial charge < -0.3 is 15.5 Å². The van der Waals surface area contributed by atoms with Crippen LogP contribution in [0.15, 0.2) is 29.6 Å². The lowest BCUT2D eigenvalue weighted by atomic mass is 9.95. The lowest BCUT2D eigenvalue weighted by molar-refractivity contribution is 0.0923. The van der Waals surface area contributed by atoms with Gasteiger partial charge in [0, 0.05) is 28.2 Å². The third-order valence-electron chi connectivity index (χ3n) is 5.01. The van der Waals surface area contributed by atoms with E-state index in [0.29, 0.717) is 22.9 Å². The molecule has 6 nitrogen and oxygen atoms in total. The summed E-state index contributed by atoms with van der Waals surface area (Å²) in [5.41, 5.74) is 1.11. The van der Waals surface area contributed by atoms with Gasteiger partial charge in [-0.15, -0.1) is 11.3 Å². The number of urea groups is 1. The first kappa shape index (κ1) is 21.6. The second kappa shape index (κ2) is 10.1. The Bertz CT molecular complexity index is 831. The van der Waals surface area contributed by atoms with Crippen molar-refractivity contribution in [2.75, 3.05) is 5.32 Å². The van der Waals surface area contributed by atoms with Gasteiger partial charge in [-0.3, -0.25) is 4.79 Å². The summed E-state index contributed by atoms with van der Waals surface area (Å²) in [7, 11) is 0. The Morgan fingerprint density at radius 1 is 1.21 bits per heavy atom. The molecule has 0 unspecified atom stereocenters. The maximum Gasteiger partial charge on any atom is 0.322 e. The highest BCUT2D eigenvalue weighted by Gasteiger charge is 2.22. The number of benzene rings is 1. The van der Waals surface area contributed by atoms with Crippen molar-refractivity contribution in [1.82, 2.24) is 15.2 Å². The van der Waals surface area contributed by atoms with Crippen LogP contribution in [0.1, 0.15) is 61.4 Å². The van der Waals surface area contributed by atoms with Crippen molar-refractivity contribution >= 4 is 40.6 Å². The molecule has 0 atom stereocenters. The van der Waals surface area contributed by atoms with Crippen LogP contribution in [0.25, 0.3) is 0 Å². The summed E-state index contributed by atoms with van der Waals surface area (Å²) >= 11 is 7.30. The number of aromatic nitrogens is 1. The van der Waals surface area contributed by atoms with Gasteiger partial charge in [-0.1, -0.05) is 30.9 Å². The van der Waals surface area contributed by atoms with E-state index in [1.807, 2.05) is 13.8 Å². The van der Waals surface area contributed by atoms with Gasteiger partial charge in [-0.25, -0.2) is 9.78 Å². The van der Waals surface area contributed by atoms with Crippen LogP contribution in [0, 0.1) is 0 Å². The summed E-state index contributed by atoms with van der Waals surface area (Å²) in [5, 5.41) is 9.08. The number of amides is 3. The zero-order valence-electron chi connectivity index (χ0n) is 16.8. The van der Waals surface area contributed by atoms with E-state index in [1.54, 1.807) is 34.5 Å². The molecule has 3 amide bonds. The Labute approximate surface area is 180 Å². The van der Waals surface area contributed by atoms with E-state index in [0.717, 1.165) is 17.8 Å². The molecule has 2 N–H and O–H groups in total. The van der Waals surface area contributed by atoms with Crippen molar-refractivity contribution in [2.24, 2.45) is 0 Å². The van der Waals surface area contributed by atoms with Gasteiger partial charge in [-0.2, -0.15) is 0 Å². The minimum Gasteiger partial charge on any atom is -0.348 e. The molecule has 0 radical (unpaired) electrons. The first-order chi connectivity index (χ1) is 13.9. The number of hydrogen-bond donors (Lipinski definition) is 2. The summed E-state index contributed by atoms with van der Waals surface area (Å²) in [6.45, 7) is 4.25. The number of carbonyl (C=O) groups is 2. The standard InChI is InChI=1S/C21H27ClN4O2S/c1-14(2)26(21(28)24-17-10-8-15(22)9-11-17)12-19-25-18(13-29-19)20(27)23-16-6-4-3-5-7-16/h8-11,13-14,16H,3-7,12H2,1-2H3,(H,23,27)(H,24,28). The van der Waals surface area contributed by atoms with Crippen LogP contribution in [-0.4, -0.2) is 33.9 Å². The van der Waals surface area contributed by atoms with Crippen molar-refractivity contribution in [1.29, 1.82) is 0 Å². The molecule has 1 aliphatic rings. The number of halogens is 1. The van der Waals surface area contributed by atoms with Gasteiger partial charge in [0.2, 0.25) is 0 Å². The third kappa shape index (κ3) is 6.18. The van der Waals surface area contributed by atoms with Crippen LogP contribution in [0.2, 0.25) is 5.02 Å². The number of anilines is 1. The van der Waals surface area contributed by atoms with Gasteiger partial charge in [-0.05, 0) is 51.0 Å².